The zero-order chi connectivity index (χ0) is 15.7. The molecule has 2 unspecified atom stereocenters. The van der Waals surface area contributed by atoms with Crippen molar-refractivity contribution >= 4 is 5.91 Å². The van der Waals surface area contributed by atoms with Gasteiger partial charge in [-0.15, -0.1) is 0 Å². The number of nitrogens with one attached hydrogen (secondary N) is 2. The molecule has 1 fully saturated rings. The SMILES string of the molecule is Cc1oc(-c2cnn(C)c2)nc1C(=O)NC1CNCCC1C. The summed E-state index contributed by atoms with van der Waals surface area (Å²) in [5.41, 5.74) is 1.11. The summed E-state index contributed by atoms with van der Waals surface area (Å²) >= 11 is 0. The van der Waals surface area contributed by atoms with Crippen molar-refractivity contribution in [3.63, 3.8) is 0 Å². The highest BCUT2D eigenvalue weighted by Crippen LogP contribution is 2.21. The summed E-state index contributed by atoms with van der Waals surface area (Å²) in [5.74, 6) is 1.21. The van der Waals surface area contributed by atoms with Crippen molar-refractivity contribution in [2.24, 2.45) is 13.0 Å². The number of piperidine rings is 1. The number of oxazole rings is 1. The standard InChI is InChI=1S/C15H21N5O2/c1-9-4-5-16-7-12(9)18-14(21)13-10(2)22-15(19-13)11-6-17-20(3)8-11/h6,8-9,12,16H,4-5,7H2,1-3H3,(H,18,21). The average Bonchev–Trinajstić information content (AvgIpc) is 3.07. The van der Waals surface area contributed by atoms with E-state index >= 15 is 0 Å². The van der Waals surface area contributed by atoms with Gasteiger partial charge in [-0.1, -0.05) is 6.92 Å². The fraction of sp³-hybridized carbons (Fsp3) is 0.533. The zero-order valence-corrected chi connectivity index (χ0v) is 13.1. The van der Waals surface area contributed by atoms with Crippen LogP contribution in [0.5, 0.6) is 0 Å². The Hall–Kier alpha value is -2.15. The molecule has 7 heteroatoms. The van der Waals surface area contributed by atoms with Crippen LogP contribution >= 0.6 is 0 Å². The number of hydrogen-bond acceptors (Lipinski definition) is 5. The highest BCUT2D eigenvalue weighted by atomic mass is 16.4. The Morgan fingerprint density at radius 3 is 3.05 bits per heavy atom. The molecular weight excluding hydrogens is 282 g/mol. The second-order valence-corrected chi connectivity index (χ2v) is 5.88. The molecule has 2 aromatic heterocycles. The fourth-order valence-electron chi connectivity index (χ4n) is 2.68. The van der Waals surface area contributed by atoms with Gasteiger partial charge in [0, 0.05) is 25.8 Å². The molecule has 1 aliphatic rings. The highest BCUT2D eigenvalue weighted by Gasteiger charge is 2.26. The molecule has 2 atom stereocenters. The molecule has 0 saturated carbocycles. The number of carbonyl (C=O) groups is 1. The first kappa shape index (κ1) is 14.8. The van der Waals surface area contributed by atoms with Crippen molar-refractivity contribution in [1.82, 2.24) is 25.4 Å². The lowest BCUT2D eigenvalue weighted by Crippen LogP contribution is -2.50. The van der Waals surface area contributed by atoms with Gasteiger partial charge in [0.2, 0.25) is 5.89 Å². The van der Waals surface area contributed by atoms with Crippen LogP contribution in [0.3, 0.4) is 0 Å². The van der Waals surface area contributed by atoms with Crippen LogP contribution in [0.2, 0.25) is 0 Å². The second-order valence-electron chi connectivity index (χ2n) is 5.88. The molecule has 118 valence electrons. The van der Waals surface area contributed by atoms with Crippen LogP contribution in [0.15, 0.2) is 16.8 Å². The third kappa shape index (κ3) is 2.89. The Morgan fingerprint density at radius 1 is 1.55 bits per heavy atom. The molecule has 0 aliphatic carbocycles. The molecule has 0 aromatic carbocycles. The molecule has 0 radical (unpaired) electrons. The van der Waals surface area contributed by atoms with Gasteiger partial charge in [0.1, 0.15) is 5.76 Å². The molecule has 1 aliphatic heterocycles. The number of nitrogens with zero attached hydrogens (tertiary/aromatic N) is 3. The van der Waals surface area contributed by atoms with Gasteiger partial charge < -0.3 is 15.1 Å². The van der Waals surface area contributed by atoms with Crippen LogP contribution in [-0.2, 0) is 7.05 Å². The Labute approximate surface area is 129 Å². The molecule has 0 bridgehead atoms. The third-order valence-electron chi connectivity index (χ3n) is 4.11. The summed E-state index contributed by atoms with van der Waals surface area (Å²) in [5, 5.41) is 10.4. The van der Waals surface area contributed by atoms with Crippen LogP contribution in [0.1, 0.15) is 29.6 Å². The Morgan fingerprint density at radius 2 is 2.36 bits per heavy atom. The fourth-order valence-corrected chi connectivity index (χ4v) is 2.68. The van der Waals surface area contributed by atoms with Crippen LogP contribution in [0.25, 0.3) is 11.5 Å². The maximum absolute atomic E-state index is 12.4. The van der Waals surface area contributed by atoms with Gasteiger partial charge in [0.15, 0.2) is 5.69 Å². The largest absolute Gasteiger partial charge is 0.440 e. The molecule has 0 spiro atoms. The lowest BCUT2D eigenvalue weighted by atomic mass is 9.95. The van der Waals surface area contributed by atoms with Gasteiger partial charge in [0.25, 0.3) is 5.91 Å². The van der Waals surface area contributed by atoms with Crippen LogP contribution in [-0.4, -0.2) is 39.8 Å². The zero-order valence-electron chi connectivity index (χ0n) is 13.1. The first-order valence-electron chi connectivity index (χ1n) is 7.52. The molecule has 1 saturated heterocycles. The molecule has 22 heavy (non-hydrogen) atoms. The van der Waals surface area contributed by atoms with E-state index in [2.05, 4.69) is 27.6 Å². The summed E-state index contributed by atoms with van der Waals surface area (Å²) in [6, 6.07) is 0.124. The van der Waals surface area contributed by atoms with E-state index in [0.717, 1.165) is 25.1 Å². The maximum atomic E-state index is 12.4. The van der Waals surface area contributed by atoms with E-state index in [1.165, 1.54) is 0 Å². The minimum atomic E-state index is -0.183. The average molecular weight is 303 g/mol. The normalized spacial score (nSPS) is 21.8. The van der Waals surface area contributed by atoms with Crippen LogP contribution in [0.4, 0.5) is 0 Å². The Kier molecular flexibility index (Phi) is 3.98. The maximum Gasteiger partial charge on any atom is 0.273 e. The molecule has 1 amide bonds. The van der Waals surface area contributed by atoms with E-state index in [1.807, 2.05) is 7.05 Å². The summed E-state index contributed by atoms with van der Waals surface area (Å²) in [6.07, 6.45) is 4.53. The summed E-state index contributed by atoms with van der Waals surface area (Å²) < 4.78 is 7.28. The molecule has 3 rings (SSSR count). The number of hydrogen-bond donors (Lipinski definition) is 2. The van der Waals surface area contributed by atoms with Gasteiger partial charge in [-0.3, -0.25) is 9.48 Å². The van der Waals surface area contributed by atoms with E-state index in [1.54, 1.807) is 24.0 Å². The third-order valence-corrected chi connectivity index (χ3v) is 4.11. The van der Waals surface area contributed by atoms with Crippen LogP contribution in [0, 0.1) is 12.8 Å². The van der Waals surface area contributed by atoms with Gasteiger partial charge >= 0.3 is 0 Å². The Bertz CT molecular complexity index is 675. The topological polar surface area (TPSA) is 85.0 Å². The van der Waals surface area contributed by atoms with Crippen LogP contribution < -0.4 is 10.6 Å². The van der Waals surface area contributed by atoms with Crippen molar-refractivity contribution in [1.29, 1.82) is 0 Å². The number of carbonyl (C=O) groups excluding carboxylic acids is 1. The lowest BCUT2D eigenvalue weighted by Gasteiger charge is -2.29. The first-order valence-corrected chi connectivity index (χ1v) is 7.52. The molecule has 3 heterocycles. The second kappa shape index (κ2) is 5.92. The van der Waals surface area contributed by atoms with E-state index < -0.39 is 0 Å². The molecule has 2 aromatic rings. The molecule has 7 nitrogen and oxygen atoms in total. The van der Waals surface area contributed by atoms with E-state index in [4.69, 9.17) is 4.42 Å². The first-order chi connectivity index (χ1) is 10.5. The molecular formula is C15H21N5O2. The number of aryl methyl sites for hydroxylation is 2. The number of rotatable bonds is 3. The minimum Gasteiger partial charge on any atom is -0.440 e. The minimum absolute atomic E-state index is 0.124. The van der Waals surface area contributed by atoms with Gasteiger partial charge in [-0.2, -0.15) is 5.10 Å². The van der Waals surface area contributed by atoms with E-state index in [9.17, 15) is 4.79 Å². The smallest absolute Gasteiger partial charge is 0.273 e. The highest BCUT2D eigenvalue weighted by molar-refractivity contribution is 5.93. The van der Waals surface area contributed by atoms with Crippen molar-refractivity contribution in [3.8, 4) is 11.5 Å². The predicted molar refractivity (Wildman–Crippen MR) is 81.3 cm³/mol. The number of amides is 1. The van der Waals surface area contributed by atoms with Crippen molar-refractivity contribution in [2.75, 3.05) is 13.1 Å². The Balaban J connectivity index is 1.76. The summed E-state index contributed by atoms with van der Waals surface area (Å²) in [6.45, 7) is 5.70. The quantitative estimate of drug-likeness (QED) is 0.887. The summed E-state index contributed by atoms with van der Waals surface area (Å²) in [4.78, 5) is 16.8. The molecule has 2 N–H and O–H groups in total. The van der Waals surface area contributed by atoms with Gasteiger partial charge in [-0.25, -0.2) is 4.98 Å². The number of aromatic nitrogens is 3. The van der Waals surface area contributed by atoms with Crippen molar-refractivity contribution in [2.45, 2.75) is 26.3 Å². The van der Waals surface area contributed by atoms with Crippen molar-refractivity contribution in [3.05, 3.63) is 23.8 Å². The van der Waals surface area contributed by atoms with E-state index in [0.29, 0.717) is 23.3 Å². The predicted octanol–water partition coefficient (Wildman–Crippen LogP) is 1.11. The van der Waals surface area contributed by atoms with E-state index in [-0.39, 0.29) is 11.9 Å². The van der Waals surface area contributed by atoms with Gasteiger partial charge in [-0.05, 0) is 25.8 Å². The van der Waals surface area contributed by atoms with Gasteiger partial charge in [0.05, 0.1) is 11.8 Å². The lowest BCUT2D eigenvalue weighted by molar-refractivity contribution is 0.0909. The summed E-state index contributed by atoms with van der Waals surface area (Å²) in [7, 11) is 1.82. The van der Waals surface area contributed by atoms with Crippen molar-refractivity contribution < 1.29 is 9.21 Å². The monoisotopic (exact) mass is 303 g/mol.